The number of nitrogens with zero attached hydrogens (tertiary/aromatic N) is 2. The molecule has 2 aromatic rings. The molecule has 2 heterocycles. The minimum Gasteiger partial charge on any atom is -0.348 e. The van der Waals surface area contributed by atoms with Gasteiger partial charge in [-0.15, -0.1) is 0 Å². The zero-order chi connectivity index (χ0) is 14.5. The summed E-state index contributed by atoms with van der Waals surface area (Å²) in [6.07, 6.45) is 6.48. The normalized spacial score (nSPS) is 17.1. The van der Waals surface area contributed by atoms with Gasteiger partial charge in [0.2, 0.25) is 0 Å². The van der Waals surface area contributed by atoms with Gasteiger partial charge in [-0.2, -0.15) is 0 Å². The largest absolute Gasteiger partial charge is 0.348 e. The van der Waals surface area contributed by atoms with Crippen molar-refractivity contribution >= 4 is 0 Å². The van der Waals surface area contributed by atoms with Crippen molar-refractivity contribution in [2.75, 3.05) is 0 Å². The van der Waals surface area contributed by atoms with Crippen LogP contribution < -0.4 is 0 Å². The minimum atomic E-state index is 0.538. The van der Waals surface area contributed by atoms with Gasteiger partial charge in [0.15, 0.2) is 0 Å². The van der Waals surface area contributed by atoms with E-state index in [4.69, 9.17) is 4.98 Å². The maximum absolute atomic E-state index is 4.77. The number of hydrogen-bond donors (Lipinski definition) is 1. The number of fused-ring (bicyclic) bond motifs is 1. The molecule has 1 aliphatic rings. The Hall–Kier alpha value is -1.64. The lowest BCUT2D eigenvalue weighted by molar-refractivity contribution is 0.529. The van der Waals surface area contributed by atoms with Crippen LogP contribution in [-0.2, 0) is 12.8 Å². The summed E-state index contributed by atoms with van der Waals surface area (Å²) >= 11 is 0. The van der Waals surface area contributed by atoms with Gasteiger partial charge in [-0.05, 0) is 51.2 Å². The van der Waals surface area contributed by atoms with E-state index in [0.29, 0.717) is 5.92 Å². The zero-order valence-electron chi connectivity index (χ0n) is 13.0. The number of rotatable bonds is 2. The van der Waals surface area contributed by atoms with Crippen molar-refractivity contribution in [3.8, 4) is 0 Å². The molecule has 3 nitrogen and oxygen atoms in total. The number of nitrogens with one attached hydrogen (secondary N) is 1. The molecule has 108 valence electrons. The Balaban J connectivity index is 0.000000704. The van der Waals surface area contributed by atoms with Crippen molar-refractivity contribution in [3.63, 3.8) is 0 Å². The molecule has 0 radical (unpaired) electrons. The zero-order valence-corrected chi connectivity index (χ0v) is 13.0. The third-order valence-corrected chi connectivity index (χ3v) is 3.91. The molecule has 0 amide bonds. The summed E-state index contributed by atoms with van der Waals surface area (Å²) in [5, 5.41) is 0. The second-order valence-corrected chi connectivity index (χ2v) is 5.26. The quantitative estimate of drug-likeness (QED) is 0.893. The number of H-pyrrole nitrogens is 1. The number of aromatic nitrogens is 3. The first-order chi connectivity index (χ1) is 9.74. The number of pyridine rings is 1. The predicted molar refractivity (Wildman–Crippen MR) is 83.0 cm³/mol. The van der Waals surface area contributed by atoms with Gasteiger partial charge in [0.05, 0.1) is 12.0 Å². The van der Waals surface area contributed by atoms with Crippen molar-refractivity contribution in [3.05, 3.63) is 46.8 Å². The molecule has 1 atom stereocenters. The maximum Gasteiger partial charge on any atom is 0.0925 e. The molecule has 1 N–H and O–H groups in total. The molecule has 20 heavy (non-hydrogen) atoms. The van der Waals surface area contributed by atoms with E-state index in [9.17, 15) is 0 Å². The lowest BCUT2D eigenvalue weighted by Crippen LogP contribution is -2.15. The average molecular weight is 271 g/mol. The predicted octanol–water partition coefficient (Wildman–Crippen LogP) is 4.11. The molecule has 0 bridgehead atoms. The fraction of sp³-hybridized carbons (Fsp3) is 0.529. The lowest BCUT2D eigenvalue weighted by Gasteiger charge is -2.24. The van der Waals surface area contributed by atoms with Crippen LogP contribution >= 0.6 is 0 Å². The number of aromatic amines is 1. The summed E-state index contributed by atoms with van der Waals surface area (Å²) in [6, 6.07) is 4.38. The summed E-state index contributed by atoms with van der Waals surface area (Å²) in [6.45, 7) is 8.17. The number of imidazole rings is 1. The topological polar surface area (TPSA) is 41.6 Å². The molecular weight excluding hydrogens is 246 g/mol. The second kappa shape index (κ2) is 6.69. The highest BCUT2D eigenvalue weighted by molar-refractivity contribution is 5.29. The van der Waals surface area contributed by atoms with Crippen LogP contribution in [0.2, 0.25) is 0 Å². The molecule has 0 saturated heterocycles. The Morgan fingerprint density at radius 3 is 2.75 bits per heavy atom. The van der Waals surface area contributed by atoms with Crippen LogP contribution in [0.25, 0.3) is 0 Å². The van der Waals surface area contributed by atoms with E-state index in [1.807, 2.05) is 13.8 Å². The van der Waals surface area contributed by atoms with Crippen molar-refractivity contribution in [1.82, 2.24) is 15.0 Å². The molecule has 0 fully saturated rings. The van der Waals surface area contributed by atoms with Gasteiger partial charge in [-0.25, -0.2) is 4.98 Å². The third-order valence-electron chi connectivity index (χ3n) is 3.91. The Morgan fingerprint density at radius 2 is 2.05 bits per heavy atom. The molecule has 3 heteroatoms. The van der Waals surface area contributed by atoms with E-state index >= 15 is 0 Å². The molecule has 1 aliphatic carbocycles. The number of hydrogen-bond acceptors (Lipinski definition) is 2. The summed E-state index contributed by atoms with van der Waals surface area (Å²) in [5.41, 5.74) is 6.25. The van der Waals surface area contributed by atoms with E-state index in [1.54, 1.807) is 6.33 Å². The molecule has 3 rings (SSSR count). The van der Waals surface area contributed by atoms with Crippen molar-refractivity contribution in [1.29, 1.82) is 0 Å². The summed E-state index contributed by atoms with van der Waals surface area (Å²) in [5.74, 6) is 0.538. The van der Waals surface area contributed by atoms with Crippen LogP contribution in [0.3, 0.4) is 0 Å². The van der Waals surface area contributed by atoms with E-state index in [2.05, 4.69) is 35.9 Å². The standard InChI is InChI=1S/C15H19N3.C2H6/c1-10-6-7-12-4-3-5-13(15(12)18-10)8-14-11(2)16-9-17-14;1-2/h6-7,9,13H,3-5,8H2,1-2H3,(H,16,17);1-2H3. The van der Waals surface area contributed by atoms with Gasteiger partial charge in [0, 0.05) is 23.0 Å². The van der Waals surface area contributed by atoms with Gasteiger partial charge < -0.3 is 4.98 Å². The van der Waals surface area contributed by atoms with Crippen molar-refractivity contribution in [2.24, 2.45) is 0 Å². The smallest absolute Gasteiger partial charge is 0.0925 e. The van der Waals surface area contributed by atoms with Crippen molar-refractivity contribution in [2.45, 2.75) is 59.3 Å². The number of aryl methyl sites for hydroxylation is 3. The van der Waals surface area contributed by atoms with Crippen molar-refractivity contribution < 1.29 is 0 Å². The average Bonchev–Trinajstić information content (AvgIpc) is 2.87. The molecule has 0 aliphatic heterocycles. The van der Waals surface area contributed by atoms with Gasteiger partial charge >= 0.3 is 0 Å². The van der Waals surface area contributed by atoms with E-state index in [0.717, 1.165) is 12.1 Å². The fourth-order valence-corrected chi connectivity index (χ4v) is 2.87. The third kappa shape index (κ3) is 3.09. The van der Waals surface area contributed by atoms with Crippen LogP contribution in [0.4, 0.5) is 0 Å². The fourth-order valence-electron chi connectivity index (χ4n) is 2.87. The van der Waals surface area contributed by atoms with Gasteiger partial charge in [-0.1, -0.05) is 19.9 Å². The van der Waals surface area contributed by atoms with Crippen LogP contribution in [0, 0.1) is 13.8 Å². The maximum atomic E-state index is 4.77. The Morgan fingerprint density at radius 1 is 1.25 bits per heavy atom. The van der Waals surface area contributed by atoms with Crippen LogP contribution in [-0.4, -0.2) is 15.0 Å². The van der Waals surface area contributed by atoms with Crippen LogP contribution in [0.5, 0.6) is 0 Å². The molecule has 0 aromatic carbocycles. The first-order valence-corrected chi connectivity index (χ1v) is 7.69. The molecular formula is C17H25N3. The minimum absolute atomic E-state index is 0.538. The van der Waals surface area contributed by atoms with Gasteiger partial charge in [0.25, 0.3) is 0 Å². The molecule has 2 aromatic heterocycles. The highest BCUT2D eigenvalue weighted by Gasteiger charge is 2.23. The Kier molecular flexibility index (Phi) is 4.94. The van der Waals surface area contributed by atoms with Crippen LogP contribution in [0.15, 0.2) is 18.5 Å². The highest BCUT2D eigenvalue weighted by atomic mass is 14.9. The van der Waals surface area contributed by atoms with Gasteiger partial charge in [0.1, 0.15) is 0 Å². The first kappa shape index (κ1) is 14.8. The summed E-state index contributed by atoms with van der Waals surface area (Å²) in [4.78, 5) is 12.4. The first-order valence-electron chi connectivity index (χ1n) is 7.69. The lowest BCUT2D eigenvalue weighted by atomic mass is 9.83. The SMILES string of the molecule is CC.Cc1ccc2c(n1)C(Cc1nc[nH]c1C)CCC2. The van der Waals surface area contributed by atoms with E-state index in [-0.39, 0.29) is 0 Å². The van der Waals surface area contributed by atoms with E-state index < -0.39 is 0 Å². The van der Waals surface area contributed by atoms with Gasteiger partial charge in [-0.3, -0.25) is 4.98 Å². The highest BCUT2D eigenvalue weighted by Crippen LogP contribution is 2.32. The van der Waals surface area contributed by atoms with E-state index in [1.165, 1.54) is 41.9 Å². The monoisotopic (exact) mass is 271 g/mol. The summed E-state index contributed by atoms with van der Waals surface area (Å²) in [7, 11) is 0. The Labute approximate surface area is 121 Å². The molecule has 0 saturated carbocycles. The Bertz CT molecular complexity index is 557. The van der Waals surface area contributed by atoms with Crippen LogP contribution in [0.1, 0.15) is 60.9 Å². The second-order valence-electron chi connectivity index (χ2n) is 5.26. The summed E-state index contributed by atoms with van der Waals surface area (Å²) < 4.78 is 0. The molecule has 0 spiro atoms. The molecule has 1 unspecified atom stereocenters.